The molecule has 1 aromatic carbocycles. The Morgan fingerprint density at radius 3 is 2.78 bits per heavy atom. The van der Waals surface area contributed by atoms with Gasteiger partial charge in [-0.05, 0) is 25.5 Å². The third-order valence-corrected chi connectivity index (χ3v) is 3.65. The van der Waals surface area contributed by atoms with Crippen LogP contribution in [-0.2, 0) is 13.1 Å². The lowest BCUT2D eigenvalue weighted by molar-refractivity contribution is 0.657. The lowest BCUT2D eigenvalue weighted by Crippen LogP contribution is -2.08. The Kier molecular flexibility index (Phi) is 3.91. The van der Waals surface area contributed by atoms with Crippen molar-refractivity contribution >= 4 is 27.4 Å². The summed E-state index contributed by atoms with van der Waals surface area (Å²) in [6.07, 6.45) is 0. The fourth-order valence-corrected chi connectivity index (χ4v) is 2.26. The number of nitrogens with two attached hydrogens (primary N) is 1. The normalized spacial score (nSPS) is 10.6. The molecule has 0 bridgehead atoms. The zero-order valence-corrected chi connectivity index (χ0v) is 12.2. The van der Waals surface area contributed by atoms with Crippen LogP contribution in [0.15, 0.2) is 28.7 Å². The zero-order chi connectivity index (χ0) is 13.1. The van der Waals surface area contributed by atoms with Crippen molar-refractivity contribution in [3.8, 4) is 0 Å². The molecule has 96 valence electrons. The predicted molar refractivity (Wildman–Crippen MR) is 78.5 cm³/mol. The van der Waals surface area contributed by atoms with E-state index in [1.807, 2.05) is 29.8 Å². The number of aryl methyl sites for hydroxylation is 2. The lowest BCUT2D eigenvalue weighted by atomic mass is 10.2. The summed E-state index contributed by atoms with van der Waals surface area (Å²) in [7, 11) is 0. The number of rotatable bonds is 4. The molecule has 0 amide bonds. The second kappa shape index (κ2) is 5.44. The summed E-state index contributed by atoms with van der Waals surface area (Å²) < 4.78 is 2.98. The monoisotopic (exact) mass is 308 g/mol. The Labute approximate surface area is 115 Å². The van der Waals surface area contributed by atoms with Gasteiger partial charge in [0.15, 0.2) is 0 Å². The van der Waals surface area contributed by atoms with Gasteiger partial charge in [-0.3, -0.25) is 0 Å². The van der Waals surface area contributed by atoms with Gasteiger partial charge in [0.25, 0.3) is 0 Å². The maximum absolute atomic E-state index is 6.02. The van der Waals surface area contributed by atoms with Gasteiger partial charge >= 0.3 is 0 Å². The molecule has 18 heavy (non-hydrogen) atoms. The van der Waals surface area contributed by atoms with E-state index < -0.39 is 0 Å². The summed E-state index contributed by atoms with van der Waals surface area (Å²) in [4.78, 5) is 0. The summed E-state index contributed by atoms with van der Waals surface area (Å²) in [5, 5.41) is 7.74. The van der Waals surface area contributed by atoms with Crippen molar-refractivity contribution in [3.05, 3.63) is 40.0 Å². The first-order chi connectivity index (χ1) is 8.63. The molecule has 0 fully saturated rings. The Morgan fingerprint density at radius 2 is 2.11 bits per heavy atom. The number of hydrogen-bond donors (Lipinski definition) is 2. The number of benzene rings is 1. The van der Waals surface area contributed by atoms with E-state index in [4.69, 9.17) is 5.73 Å². The largest absolute Gasteiger partial charge is 0.394 e. The molecule has 4 nitrogen and oxygen atoms in total. The second-order valence-electron chi connectivity index (χ2n) is 4.11. The Morgan fingerprint density at radius 1 is 1.39 bits per heavy atom. The van der Waals surface area contributed by atoms with Gasteiger partial charge in [-0.1, -0.05) is 34.1 Å². The van der Waals surface area contributed by atoms with Crippen LogP contribution < -0.4 is 11.1 Å². The van der Waals surface area contributed by atoms with E-state index in [-0.39, 0.29) is 0 Å². The van der Waals surface area contributed by atoms with Gasteiger partial charge in [0.05, 0.1) is 11.4 Å². The maximum atomic E-state index is 6.02. The molecule has 0 radical (unpaired) electrons. The van der Waals surface area contributed by atoms with Crippen LogP contribution in [0.3, 0.4) is 0 Å². The third kappa shape index (κ3) is 2.51. The van der Waals surface area contributed by atoms with Crippen molar-refractivity contribution in [1.29, 1.82) is 0 Å². The van der Waals surface area contributed by atoms with Gasteiger partial charge < -0.3 is 11.1 Å². The molecule has 5 heteroatoms. The molecular formula is C13H17BrN4. The van der Waals surface area contributed by atoms with E-state index in [2.05, 4.69) is 39.3 Å². The molecule has 0 saturated carbocycles. The number of aromatic nitrogens is 2. The number of nitrogens with zero attached hydrogens (tertiary/aromatic N) is 2. The molecular weight excluding hydrogens is 292 g/mol. The van der Waals surface area contributed by atoms with E-state index in [9.17, 15) is 0 Å². The highest BCUT2D eigenvalue weighted by Gasteiger charge is 2.11. The average Bonchev–Trinajstić information content (AvgIpc) is 2.65. The summed E-state index contributed by atoms with van der Waals surface area (Å²) in [6.45, 7) is 5.49. The van der Waals surface area contributed by atoms with Crippen LogP contribution in [0.4, 0.5) is 11.5 Å². The van der Waals surface area contributed by atoms with Crippen LogP contribution in [0.1, 0.15) is 18.2 Å². The van der Waals surface area contributed by atoms with Crippen LogP contribution in [0.2, 0.25) is 0 Å². The third-order valence-electron chi connectivity index (χ3n) is 2.88. The fourth-order valence-electron chi connectivity index (χ4n) is 1.83. The topological polar surface area (TPSA) is 55.9 Å². The molecule has 2 aromatic rings. The van der Waals surface area contributed by atoms with Crippen LogP contribution >= 0.6 is 15.9 Å². The molecule has 0 aliphatic carbocycles. The number of halogens is 1. The quantitative estimate of drug-likeness (QED) is 0.912. The number of nitrogens with one attached hydrogen (secondary N) is 1. The minimum Gasteiger partial charge on any atom is -0.394 e. The highest BCUT2D eigenvalue weighted by Crippen LogP contribution is 2.24. The fraction of sp³-hybridized carbons (Fsp3) is 0.308. The smallest absolute Gasteiger partial charge is 0.148 e. The van der Waals surface area contributed by atoms with Crippen molar-refractivity contribution in [2.45, 2.75) is 26.9 Å². The molecule has 1 heterocycles. The van der Waals surface area contributed by atoms with Crippen LogP contribution in [0, 0.1) is 6.92 Å². The molecule has 0 atom stereocenters. The molecule has 1 aromatic heterocycles. The highest BCUT2D eigenvalue weighted by molar-refractivity contribution is 9.10. The van der Waals surface area contributed by atoms with Gasteiger partial charge in [0.1, 0.15) is 5.82 Å². The average molecular weight is 309 g/mol. The number of nitrogen functional groups attached to an aromatic ring is 1. The minimum absolute atomic E-state index is 0.719. The molecule has 0 aliphatic rings. The first kappa shape index (κ1) is 13.0. The number of hydrogen-bond acceptors (Lipinski definition) is 3. The summed E-state index contributed by atoms with van der Waals surface area (Å²) in [5.41, 5.74) is 8.81. The maximum Gasteiger partial charge on any atom is 0.148 e. The van der Waals surface area contributed by atoms with Crippen LogP contribution in [-0.4, -0.2) is 9.78 Å². The zero-order valence-electron chi connectivity index (χ0n) is 10.6. The Bertz CT molecular complexity index is 548. The van der Waals surface area contributed by atoms with Gasteiger partial charge in [-0.25, -0.2) is 4.68 Å². The van der Waals surface area contributed by atoms with Crippen molar-refractivity contribution in [1.82, 2.24) is 9.78 Å². The SMILES string of the molecule is CCn1nc(C)c(N)c1NCc1ccccc1Br. The minimum atomic E-state index is 0.719. The van der Waals surface area contributed by atoms with Crippen LogP contribution in [0.25, 0.3) is 0 Å². The van der Waals surface area contributed by atoms with Gasteiger partial charge in [0.2, 0.25) is 0 Å². The van der Waals surface area contributed by atoms with Gasteiger partial charge in [0, 0.05) is 17.6 Å². The van der Waals surface area contributed by atoms with Crippen molar-refractivity contribution in [2.75, 3.05) is 11.1 Å². The Balaban J connectivity index is 2.18. The van der Waals surface area contributed by atoms with Gasteiger partial charge in [-0.15, -0.1) is 0 Å². The van der Waals surface area contributed by atoms with Crippen molar-refractivity contribution in [2.24, 2.45) is 0 Å². The highest BCUT2D eigenvalue weighted by atomic mass is 79.9. The standard InChI is InChI=1S/C13H17BrN4/c1-3-18-13(12(15)9(2)17-18)16-8-10-6-4-5-7-11(10)14/h4-7,16H,3,8,15H2,1-2H3. The molecule has 3 N–H and O–H groups in total. The molecule has 0 unspecified atom stereocenters. The molecule has 0 spiro atoms. The van der Waals surface area contributed by atoms with E-state index in [0.29, 0.717) is 0 Å². The van der Waals surface area contributed by atoms with E-state index in [1.165, 1.54) is 5.56 Å². The molecule has 0 aliphatic heterocycles. The van der Waals surface area contributed by atoms with Crippen LogP contribution in [0.5, 0.6) is 0 Å². The van der Waals surface area contributed by atoms with E-state index >= 15 is 0 Å². The Hall–Kier alpha value is -1.49. The summed E-state index contributed by atoms with van der Waals surface area (Å²) in [5.74, 6) is 0.894. The molecule has 2 rings (SSSR count). The van der Waals surface area contributed by atoms with E-state index in [1.54, 1.807) is 0 Å². The van der Waals surface area contributed by atoms with Gasteiger partial charge in [-0.2, -0.15) is 5.10 Å². The van der Waals surface area contributed by atoms with Crippen molar-refractivity contribution in [3.63, 3.8) is 0 Å². The number of anilines is 2. The first-order valence-corrected chi connectivity index (χ1v) is 6.73. The van der Waals surface area contributed by atoms with Crippen molar-refractivity contribution < 1.29 is 0 Å². The molecule has 0 saturated heterocycles. The van der Waals surface area contributed by atoms with E-state index in [0.717, 1.165) is 34.8 Å². The second-order valence-corrected chi connectivity index (χ2v) is 4.96. The lowest BCUT2D eigenvalue weighted by Gasteiger charge is -2.10. The predicted octanol–water partition coefficient (Wildman–Crippen LogP) is 3.17. The first-order valence-electron chi connectivity index (χ1n) is 5.93. The summed E-state index contributed by atoms with van der Waals surface area (Å²) in [6, 6.07) is 8.13. The summed E-state index contributed by atoms with van der Waals surface area (Å²) >= 11 is 3.54.